The largest absolute Gasteiger partial charge is 0.347 e. The smallest absolute Gasteiger partial charge is 0.251 e. The highest BCUT2D eigenvalue weighted by molar-refractivity contribution is 7.15. The van der Waals surface area contributed by atoms with Crippen LogP contribution in [0.3, 0.4) is 0 Å². The Bertz CT molecular complexity index is 871. The molecule has 122 valence electrons. The molecule has 5 heteroatoms. The highest BCUT2D eigenvalue weighted by Gasteiger charge is 2.12. The fourth-order valence-electron chi connectivity index (χ4n) is 2.38. The van der Waals surface area contributed by atoms with E-state index in [-0.39, 0.29) is 5.91 Å². The third-order valence-corrected chi connectivity index (χ3v) is 5.23. The molecule has 3 rings (SSSR count). The van der Waals surface area contributed by atoms with Crippen molar-refractivity contribution in [2.75, 3.05) is 0 Å². The number of carbonyl (C=O) groups is 1. The van der Waals surface area contributed by atoms with Gasteiger partial charge in [-0.1, -0.05) is 35.9 Å². The number of hydrogen-bond acceptors (Lipinski definition) is 3. The summed E-state index contributed by atoms with van der Waals surface area (Å²) < 4.78 is 0. The van der Waals surface area contributed by atoms with Crippen molar-refractivity contribution in [3.05, 3.63) is 75.3 Å². The maximum atomic E-state index is 12.2. The molecule has 1 amide bonds. The number of benzene rings is 2. The average molecular weight is 357 g/mol. The molecule has 1 aromatic heterocycles. The van der Waals surface area contributed by atoms with Crippen LogP contribution >= 0.6 is 22.9 Å². The number of nitrogens with zero attached hydrogens (tertiary/aromatic N) is 1. The normalized spacial score (nSPS) is 10.6. The molecule has 0 saturated carbocycles. The minimum atomic E-state index is -0.114. The van der Waals surface area contributed by atoms with E-state index in [0.717, 1.165) is 21.1 Å². The summed E-state index contributed by atoms with van der Waals surface area (Å²) in [6.45, 7) is 4.52. The van der Waals surface area contributed by atoms with Crippen molar-refractivity contribution in [3.63, 3.8) is 0 Å². The van der Waals surface area contributed by atoms with Crippen molar-refractivity contribution < 1.29 is 4.79 Å². The Hall–Kier alpha value is -2.17. The second-order valence-electron chi connectivity index (χ2n) is 5.53. The summed E-state index contributed by atoms with van der Waals surface area (Å²) >= 11 is 7.46. The number of aromatic nitrogens is 1. The summed E-state index contributed by atoms with van der Waals surface area (Å²) in [5.74, 6) is -0.114. The van der Waals surface area contributed by atoms with E-state index in [0.29, 0.717) is 17.1 Å². The number of halogens is 1. The third kappa shape index (κ3) is 3.66. The molecule has 0 unspecified atom stereocenters. The first-order valence-corrected chi connectivity index (χ1v) is 8.80. The van der Waals surface area contributed by atoms with Gasteiger partial charge in [-0.25, -0.2) is 4.98 Å². The van der Waals surface area contributed by atoms with Crippen LogP contribution in [0, 0.1) is 13.8 Å². The number of rotatable bonds is 4. The zero-order valence-corrected chi connectivity index (χ0v) is 15.0. The highest BCUT2D eigenvalue weighted by Crippen LogP contribution is 2.30. The van der Waals surface area contributed by atoms with Gasteiger partial charge < -0.3 is 5.32 Å². The summed E-state index contributed by atoms with van der Waals surface area (Å²) in [5.41, 5.74) is 3.89. The second kappa shape index (κ2) is 7.16. The highest BCUT2D eigenvalue weighted by atomic mass is 35.5. The number of carbonyl (C=O) groups excluding carboxylic acids is 1. The summed E-state index contributed by atoms with van der Waals surface area (Å²) in [7, 11) is 0. The van der Waals surface area contributed by atoms with Crippen LogP contribution < -0.4 is 5.32 Å². The molecule has 1 heterocycles. The molecule has 3 aromatic rings. The lowest BCUT2D eigenvalue weighted by Crippen LogP contribution is -2.22. The molecule has 24 heavy (non-hydrogen) atoms. The molecule has 0 atom stereocenters. The van der Waals surface area contributed by atoms with Gasteiger partial charge in [0.25, 0.3) is 5.91 Å². The van der Waals surface area contributed by atoms with Gasteiger partial charge in [-0.3, -0.25) is 4.79 Å². The molecule has 0 fully saturated rings. The first-order valence-electron chi connectivity index (χ1n) is 7.60. The summed E-state index contributed by atoms with van der Waals surface area (Å²) in [6, 6.07) is 15.0. The van der Waals surface area contributed by atoms with Crippen molar-refractivity contribution in [1.29, 1.82) is 0 Å². The topological polar surface area (TPSA) is 42.0 Å². The van der Waals surface area contributed by atoms with Gasteiger partial charge in [0.1, 0.15) is 5.01 Å². The second-order valence-corrected chi connectivity index (χ2v) is 7.05. The van der Waals surface area contributed by atoms with Crippen molar-refractivity contribution >= 4 is 28.8 Å². The lowest BCUT2D eigenvalue weighted by molar-refractivity contribution is 0.0951. The Labute approximate surface area is 150 Å². The minimum absolute atomic E-state index is 0.114. The first kappa shape index (κ1) is 16.7. The third-order valence-electron chi connectivity index (χ3n) is 3.78. The van der Waals surface area contributed by atoms with Gasteiger partial charge in [0, 0.05) is 21.0 Å². The van der Waals surface area contributed by atoms with Crippen LogP contribution in [0.5, 0.6) is 0 Å². The molecule has 0 aliphatic heterocycles. The zero-order valence-electron chi connectivity index (χ0n) is 13.5. The monoisotopic (exact) mass is 356 g/mol. The standard InChI is InChI=1S/C19H17ClN2OS/c1-12-5-3-4-6-16(12)19-22-13(2)17(24-19)11-21-18(23)14-7-9-15(20)10-8-14/h3-10H,11H2,1-2H3,(H,21,23). The fraction of sp³-hybridized carbons (Fsp3) is 0.158. The molecule has 0 saturated heterocycles. The van der Waals surface area contributed by atoms with Crippen molar-refractivity contribution in [2.45, 2.75) is 20.4 Å². The number of thiazole rings is 1. The molecule has 0 radical (unpaired) electrons. The van der Waals surface area contributed by atoms with E-state index < -0.39 is 0 Å². The number of nitrogens with one attached hydrogen (secondary N) is 1. The van der Waals surface area contributed by atoms with E-state index in [1.54, 1.807) is 35.6 Å². The Morgan fingerprint density at radius 3 is 2.54 bits per heavy atom. The van der Waals surface area contributed by atoms with Gasteiger partial charge in [-0.05, 0) is 43.7 Å². The lowest BCUT2D eigenvalue weighted by atomic mass is 10.1. The van der Waals surface area contributed by atoms with Gasteiger partial charge in [-0.15, -0.1) is 11.3 Å². The van der Waals surface area contributed by atoms with Crippen LogP contribution in [-0.2, 0) is 6.54 Å². The summed E-state index contributed by atoms with van der Waals surface area (Å²) in [4.78, 5) is 17.9. The van der Waals surface area contributed by atoms with Crippen molar-refractivity contribution in [1.82, 2.24) is 10.3 Å². The number of amides is 1. The van der Waals surface area contributed by atoms with E-state index in [1.165, 1.54) is 5.56 Å². The lowest BCUT2D eigenvalue weighted by Gasteiger charge is -2.04. The molecule has 0 aliphatic carbocycles. The van der Waals surface area contributed by atoms with Crippen LogP contribution in [0.2, 0.25) is 5.02 Å². The van der Waals surface area contributed by atoms with Crippen LogP contribution in [0.15, 0.2) is 48.5 Å². The molecular weight excluding hydrogens is 340 g/mol. The summed E-state index contributed by atoms with van der Waals surface area (Å²) in [6.07, 6.45) is 0. The van der Waals surface area contributed by atoms with Crippen LogP contribution in [-0.4, -0.2) is 10.9 Å². The van der Waals surface area contributed by atoms with Crippen molar-refractivity contribution in [2.24, 2.45) is 0 Å². The quantitative estimate of drug-likeness (QED) is 0.713. The predicted octanol–water partition coefficient (Wildman–Crippen LogP) is 5.01. The van der Waals surface area contributed by atoms with E-state index in [9.17, 15) is 4.79 Å². The van der Waals surface area contributed by atoms with Gasteiger partial charge in [0.05, 0.1) is 12.2 Å². The molecule has 2 aromatic carbocycles. The molecule has 1 N–H and O–H groups in total. The Morgan fingerprint density at radius 2 is 1.83 bits per heavy atom. The van der Waals surface area contributed by atoms with Crippen LogP contribution in [0.25, 0.3) is 10.6 Å². The molecule has 0 bridgehead atoms. The van der Waals surface area contributed by atoms with E-state index in [4.69, 9.17) is 11.6 Å². The molecule has 3 nitrogen and oxygen atoms in total. The molecular formula is C19H17ClN2OS. The molecule has 0 aliphatic rings. The van der Waals surface area contributed by atoms with Crippen LogP contribution in [0.4, 0.5) is 0 Å². The first-order chi connectivity index (χ1) is 11.5. The Morgan fingerprint density at radius 1 is 1.12 bits per heavy atom. The van der Waals surface area contributed by atoms with Gasteiger partial charge in [0.15, 0.2) is 0 Å². The van der Waals surface area contributed by atoms with Gasteiger partial charge >= 0.3 is 0 Å². The zero-order chi connectivity index (χ0) is 17.1. The Balaban J connectivity index is 1.73. The van der Waals surface area contributed by atoms with E-state index >= 15 is 0 Å². The van der Waals surface area contributed by atoms with Crippen molar-refractivity contribution in [3.8, 4) is 10.6 Å². The average Bonchev–Trinajstić information content (AvgIpc) is 2.94. The maximum absolute atomic E-state index is 12.2. The minimum Gasteiger partial charge on any atom is -0.347 e. The maximum Gasteiger partial charge on any atom is 0.251 e. The van der Waals surface area contributed by atoms with E-state index in [2.05, 4.69) is 29.4 Å². The molecule has 0 spiro atoms. The Kier molecular flexibility index (Phi) is 4.97. The SMILES string of the molecule is Cc1ccccc1-c1nc(C)c(CNC(=O)c2ccc(Cl)cc2)s1. The predicted molar refractivity (Wildman–Crippen MR) is 99.6 cm³/mol. The van der Waals surface area contributed by atoms with Gasteiger partial charge in [-0.2, -0.15) is 0 Å². The van der Waals surface area contributed by atoms with Gasteiger partial charge in [0.2, 0.25) is 0 Å². The van der Waals surface area contributed by atoms with Crippen LogP contribution in [0.1, 0.15) is 26.5 Å². The number of hydrogen-bond donors (Lipinski definition) is 1. The number of aryl methyl sites for hydroxylation is 2. The summed E-state index contributed by atoms with van der Waals surface area (Å²) in [5, 5.41) is 4.55. The fourth-order valence-corrected chi connectivity index (χ4v) is 3.60. The van der Waals surface area contributed by atoms with E-state index in [1.807, 2.05) is 19.1 Å².